The Balaban J connectivity index is 1.70. The molecule has 3 N–H and O–H groups in total. The Labute approximate surface area is 201 Å². The summed E-state index contributed by atoms with van der Waals surface area (Å²) in [4.78, 5) is 36.6. The van der Waals surface area contributed by atoms with Gasteiger partial charge in [-0.05, 0) is 61.5 Å². The number of imide groups is 1. The Hall–Kier alpha value is -3.54. The highest BCUT2D eigenvalue weighted by molar-refractivity contribution is 8.04. The number of aryl methyl sites for hydroxylation is 2. The van der Waals surface area contributed by atoms with E-state index < -0.39 is 21.8 Å². The van der Waals surface area contributed by atoms with E-state index in [0.29, 0.717) is 10.8 Å². The maximum Gasteiger partial charge on any atom is 0.278 e. The summed E-state index contributed by atoms with van der Waals surface area (Å²) in [5, 5.41) is 8.47. The molecular formula is C23H21N5O4S2. The predicted octanol–water partition coefficient (Wildman–Crippen LogP) is 2.73. The highest BCUT2D eigenvalue weighted by Gasteiger charge is 2.39. The second-order valence-electron chi connectivity index (χ2n) is 7.62. The molecule has 0 saturated heterocycles. The molecule has 9 nitrogen and oxygen atoms in total. The quantitative estimate of drug-likeness (QED) is 0.377. The van der Waals surface area contributed by atoms with Crippen molar-refractivity contribution in [3.05, 3.63) is 88.2 Å². The number of hydrogen-bond donors (Lipinski definition) is 2. The van der Waals surface area contributed by atoms with Gasteiger partial charge in [0, 0.05) is 17.1 Å². The van der Waals surface area contributed by atoms with Crippen molar-refractivity contribution < 1.29 is 18.0 Å². The number of carbonyl (C=O) groups excluding carboxylic acids is 2. The van der Waals surface area contributed by atoms with Crippen LogP contribution in [0.2, 0.25) is 0 Å². The molecule has 174 valence electrons. The maximum atomic E-state index is 13.3. The van der Waals surface area contributed by atoms with Crippen LogP contribution in [0.25, 0.3) is 0 Å². The number of nitrogens with zero attached hydrogens (tertiary/aromatic N) is 3. The van der Waals surface area contributed by atoms with Crippen LogP contribution in [0.1, 0.15) is 17.0 Å². The van der Waals surface area contributed by atoms with Gasteiger partial charge in [0.15, 0.2) is 5.16 Å². The molecule has 2 amide bonds. The van der Waals surface area contributed by atoms with Crippen LogP contribution in [0.5, 0.6) is 0 Å². The monoisotopic (exact) mass is 495 g/mol. The fraction of sp³-hybridized carbons (Fsp3) is 0.130. The van der Waals surface area contributed by atoms with E-state index in [4.69, 9.17) is 5.14 Å². The summed E-state index contributed by atoms with van der Waals surface area (Å²) in [5.41, 5.74) is 2.76. The Bertz CT molecular complexity index is 1380. The molecule has 11 heteroatoms. The zero-order valence-electron chi connectivity index (χ0n) is 18.3. The lowest BCUT2D eigenvalue weighted by molar-refractivity contribution is -0.137. The van der Waals surface area contributed by atoms with E-state index >= 15 is 0 Å². The Kier molecular flexibility index (Phi) is 6.51. The highest BCUT2D eigenvalue weighted by Crippen LogP contribution is 2.35. The van der Waals surface area contributed by atoms with Crippen LogP contribution in [0.3, 0.4) is 0 Å². The Morgan fingerprint density at radius 1 is 0.941 bits per heavy atom. The lowest BCUT2D eigenvalue weighted by Crippen LogP contribution is -2.31. The summed E-state index contributed by atoms with van der Waals surface area (Å²) in [6.45, 7) is 3.75. The van der Waals surface area contributed by atoms with Crippen LogP contribution in [-0.2, 0) is 26.2 Å². The molecule has 3 aromatic rings. The SMILES string of the molecule is Cc1cc(C)nc(SC2=C(Nc3ccc(S(N)(=O)=O)cc3)C(=O)N(Cc3ccccc3)C2=O)n1. The average Bonchev–Trinajstić information content (AvgIpc) is 2.98. The third kappa shape index (κ3) is 5.16. The molecule has 0 fully saturated rings. The summed E-state index contributed by atoms with van der Waals surface area (Å²) in [6, 6.07) is 16.6. The number of amides is 2. The molecule has 0 atom stereocenters. The summed E-state index contributed by atoms with van der Waals surface area (Å²) >= 11 is 1.01. The van der Waals surface area contributed by atoms with Gasteiger partial charge in [-0.2, -0.15) is 0 Å². The minimum Gasteiger partial charge on any atom is -0.350 e. The van der Waals surface area contributed by atoms with E-state index in [-0.39, 0.29) is 22.0 Å². The smallest absolute Gasteiger partial charge is 0.278 e. The van der Waals surface area contributed by atoms with Crippen molar-refractivity contribution in [1.82, 2.24) is 14.9 Å². The number of nitrogens with one attached hydrogen (secondary N) is 1. The number of hydrogen-bond acceptors (Lipinski definition) is 8. The zero-order valence-corrected chi connectivity index (χ0v) is 20.0. The van der Waals surface area contributed by atoms with E-state index in [9.17, 15) is 18.0 Å². The molecule has 0 bridgehead atoms. The van der Waals surface area contributed by atoms with Gasteiger partial charge >= 0.3 is 0 Å². The Morgan fingerprint density at radius 2 is 1.56 bits per heavy atom. The largest absolute Gasteiger partial charge is 0.350 e. The molecule has 0 radical (unpaired) electrons. The number of sulfonamides is 1. The third-order valence-electron chi connectivity index (χ3n) is 4.92. The molecule has 0 saturated carbocycles. The fourth-order valence-corrected chi connectivity index (χ4v) is 4.89. The maximum absolute atomic E-state index is 13.3. The molecule has 1 aromatic heterocycles. The van der Waals surface area contributed by atoms with Crippen molar-refractivity contribution in [2.75, 3.05) is 5.32 Å². The van der Waals surface area contributed by atoms with E-state index in [1.54, 1.807) is 0 Å². The molecule has 34 heavy (non-hydrogen) atoms. The number of benzene rings is 2. The van der Waals surface area contributed by atoms with Gasteiger partial charge in [-0.3, -0.25) is 14.5 Å². The first kappa shape index (κ1) is 23.6. The summed E-state index contributed by atoms with van der Waals surface area (Å²) in [5.74, 6) is -0.971. The van der Waals surface area contributed by atoms with Gasteiger partial charge in [-0.25, -0.2) is 23.5 Å². The number of carbonyl (C=O) groups is 2. The normalized spacial score (nSPS) is 14.1. The van der Waals surface area contributed by atoms with Gasteiger partial charge in [-0.15, -0.1) is 0 Å². The minimum atomic E-state index is -3.86. The van der Waals surface area contributed by atoms with Crippen molar-refractivity contribution in [2.45, 2.75) is 30.4 Å². The van der Waals surface area contributed by atoms with Crippen molar-refractivity contribution in [3.8, 4) is 0 Å². The first-order valence-corrected chi connectivity index (χ1v) is 12.5. The average molecular weight is 496 g/mol. The molecule has 2 aromatic carbocycles. The predicted molar refractivity (Wildman–Crippen MR) is 128 cm³/mol. The van der Waals surface area contributed by atoms with Crippen molar-refractivity contribution >= 4 is 39.3 Å². The van der Waals surface area contributed by atoms with Gasteiger partial charge in [0.25, 0.3) is 11.8 Å². The number of rotatable bonds is 7. The lowest BCUT2D eigenvalue weighted by atomic mass is 10.2. The second kappa shape index (κ2) is 9.37. The Morgan fingerprint density at radius 3 is 2.15 bits per heavy atom. The van der Waals surface area contributed by atoms with Crippen LogP contribution in [0, 0.1) is 13.8 Å². The molecule has 2 heterocycles. The second-order valence-corrected chi connectivity index (χ2v) is 10.2. The number of primary sulfonamides is 1. The number of thioether (sulfide) groups is 1. The molecule has 1 aliphatic rings. The van der Waals surface area contributed by atoms with Gasteiger partial charge in [0.05, 0.1) is 11.4 Å². The summed E-state index contributed by atoms with van der Waals surface area (Å²) in [6.07, 6.45) is 0. The molecular weight excluding hydrogens is 474 g/mol. The zero-order chi connectivity index (χ0) is 24.5. The van der Waals surface area contributed by atoms with E-state index in [0.717, 1.165) is 33.6 Å². The fourth-order valence-electron chi connectivity index (χ4n) is 3.37. The molecule has 0 aliphatic carbocycles. The number of nitrogens with two attached hydrogens (primary N) is 1. The van der Waals surface area contributed by atoms with E-state index in [2.05, 4.69) is 15.3 Å². The van der Waals surface area contributed by atoms with Crippen molar-refractivity contribution in [3.63, 3.8) is 0 Å². The first-order valence-electron chi connectivity index (χ1n) is 10.2. The summed E-state index contributed by atoms with van der Waals surface area (Å²) < 4.78 is 23.1. The standard InChI is InChI=1S/C23H21N5O4S2/c1-14-12-15(2)26-23(25-14)33-20-19(27-17-8-10-18(11-9-17)34(24,31)32)21(29)28(22(20)30)13-16-6-4-3-5-7-16/h3-12,27H,13H2,1-2H3,(H2,24,31,32). The van der Waals surface area contributed by atoms with Gasteiger partial charge in [0.1, 0.15) is 10.6 Å². The van der Waals surface area contributed by atoms with Crippen molar-refractivity contribution in [2.24, 2.45) is 5.14 Å². The third-order valence-corrected chi connectivity index (χ3v) is 6.79. The highest BCUT2D eigenvalue weighted by atomic mass is 32.2. The van der Waals surface area contributed by atoms with Gasteiger partial charge in [0.2, 0.25) is 10.0 Å². The van der Waals surface area contributed by atoms with Crippen LogP contribution >= 0.6 is 11.8 Å². The minimum absolute atomic E-state index is 0.0650. The number of anilines is 1. The van der Waals surface area contributed by atoms with E-state index in [1.807, 2.05) is 50.2 Å². The van der Waals surface area contributed by atoms with E-state index in [1.165, 1.54) is 24.3 Å². The summed E-state index contributed by atoms with van der Waals surface area (Å²) in [7, 11) is -3.86. The molecule has 4 rings (SSSR count). The molecule has 0 unspecified atom stereocenters. The molecule has 0 spiro atoms. The number of aromatic nitrogens is 2. The van der Waals surface area contributed by atoms with Gasteiger partial charge < -0.3 is 5.32 Å². The van der Waals surface area contributed by atoms with Crippen LogP contribution < -0.4 is 10.5 Å². The van der Waals surface area contributed by atoms with Crippen LogP contribution in [0.15, 0.2) is 81.3 Å². The van der Waals surface area contributed by atoms with Crippen LogP contribution in [0.4, 0.5) is 5.69 Å². The van der Waals surface area contributed by atoms with Crippen LogP contribution in [-0.4, -0.2) is 35.1 Å². The topological polar surface area (TPSA) is 135 Å². The molecule has 1 aliphatic heterocycles. The first-order chi connectivity index (χ1) is 16.1. The lowest BCUT2D eigenvalue weighted by Gasteiger charge is -2.15. The van der Waals surface area contributed by atoms with Crippen molar-refractivity contribution in [1.29, 1.82) is 0 Å². The van der Waals surface area contributed by atoms with Gasteiger partial charge in [-0.1, -0.05) is 30.3 Å².